The summed E-state index contributed by atoms with van der Waals surface area (Å²) in [5.41, 5.74) is 4.92. The van der Waals surface area contributed by atoms with Crippen molar-refractivity contribution >= 4 is 37.5 Å². The summed E-state index contributed by atoms with van der Waals surface area (Å²) in [5, 5.41) is -0.820. The van der Waals surface area contributed by atoms with Crippen LogP contribution in [0.3, 0.4) is 0 Å². The van der Waals surface area contributed by atoms with Gasteiger partial charge in [-0.05, 0) is 12.1 Å². The van der Waals surface area contributed by atoms with Crippen molar-refractivity contribution in [2.45, 2.75) is 9.79 Å². The van der Waals surface area contributed by atoms with Crippen LogP contribution in [0.5, 0.6) is 0 Å². The van der Waals surface area contributed by atoms with Gasteiger partial charge in [0.15, 0.2) is 0 Å². The number of hydrogen-bond acceptors (Lipinski definition) is 5. The third-order valence-corrected chi connectivity index (χ3v) is 3.97. The average molecular weight is 288 g/mol. The van der Waals surface area contributed by atoms with Crippen LogP contribution in [0.1, 0.15) is 0 Å². The van der Waals surface area contributed by atoms with Crippen molar-refractivity contribution < 1.29 is 25.9 Å². The molecule has 0 aliphatic heterocycles. The lowest BCUT2D eigenvalue weighted by molar-refractivity contribution is 0.481. The molecule has 1 aromatic carbocycles. The highest BCUT2D eigenvalue weighted by Crippen LogP contribution is 2.31. The van der Waals surface area contributed by atoms with E-state index in [0.29, 0.717) is 0 Å². The normalized spacial score (nSPS) is 12.7. The fourth-order valence-corrected chi connectivity index (χ4v) is 2.97. The molecule has 0 saturated heterocycles. The van der Waals surface area contributed by atoms with Gasteiger partial charge in [0, 0.05) is 5.69 Å². The van der Waals surface area contributed by atoms with Crippen molar-refractivity contribution in [2.75, 3.05) is 5.73 Å². The van der Waals surface area contributed by atoms with E-state index >= 15 is 0 Å². The van der Waals surface area contributed by atoms with E-state index in [-0.39, 0.29) is 5.69 Å². The lowest BCUT2D eigenvalue weighted by atomic mass is 10.3. The lowest BCUT2D eigenvalue weighted by Crippen LogP contribution is -2.06. The van der Waals surface area contributed by atoms with Crippen molar-refractivity contribution in [3.8, 4) is 0 Å². The van der Waals surface area contributed by atoms with Gasteiger partial charge in [-0.3, -0.25) is 9.11 Å². The van der Waals surface area contributed by atoms with Crippen LogP contribution >= 0.6 is 11.6 Å². The number of nitrogen functional groups attached to an aromatic ring is 1. The van der Waals surface area contributed by atoms with E-state index in [1.807, 2.05) is 0 Å². The largest absolute Gasteiger partial charge is 0.399 e. The molecular weight excluding hydrogens is 282 g/mol. The van der Waals surface area contributed by atoms with Crippen LogP contribution in [0.25, 0.3) is 0 Å². The summed E-state index contributed by atoms with van der Waals surface area (Å²) < 4.78 is 60.8. The SMILES string of the molecule is Nc1cc(S(=O)(=O)O)c(Cl)c(S(=O)(=O)O)c1. The molecule has 0 amide bonds. The molecule has 0 radical (unpaired) electrons. The van der Waals surface area contributed by atoms with Crippen LogP contribution < -0.4 is 5.73 Å². The molecule has 0 bridgehead atoms. The molecule has 1 rings (SSSR count). The maximum Gasteiger partial charge on any atom is 0.296 e. The van der Waals surface area contributed by atoms with Crippen molar-refractivity contribution in [2.24, 2.45) is 0 Å². The summed E-state index contributed by atoms with van der Waals surface area (Å²) in [4.78, 5) is -1.77. The Balaban J connectivity index is 3.78. The molecule has 0 saturated carbocycles. The number of nitrogens with two attached hydrogens (primary N) is 1. The highest BCUT2D eigenvalue weighted by atomic mass is 35.5. The molecule has 0 unspecified atom stereocenters. The van der Waals surface area contributed by atoms with E-state index in [2.05, 4.69) is 0 Å². The van der Waals surface area contributed by atoms with Gasteiger partial charge in [0.25, 0.3) is 20.2 Å². The Morgan fingerprint density at radius 2 is 1.31 bits per heavy atom. The quantitative estimate of drug-likeness (QED) is 0.529. The van der Waals surface area contributed by atoms with Gasteiger partial charge >= 0.3 is 0 Å². The van der Waals surface area contributed by atoms with E-state index in [1.165, 1.54) is 0 Å². The summed E-state index contributed by atoms with van der Waals surface area (Å²) >= 11 is 5.42. The number of halogens is 1. The summed E-state index contributed by atoms with van der Waals surface area (Å²) in [5.74, 6) is 0. The number of benzene rings is 1. The van der Waals surface area contributed by atoms with Gasteiger partial charge in [-0.25, -0.2) is 0 Å². The van der Waals surface area contributed by atoms with Crippen molar-refractivity contribution in [1.82, 2.24) is 0 Å². The Labute approximate surface area is 96.3 Å². The first-order chi connectivity index (χ1) is 7.03. The summed E-state index contributed by atoms with van der Waals surface area (Å²) in [7, 11) is -9.45. The Bertz CT molecular complexity index is 582. The fourth-order valence-electron chi connectivity index (χ4n) is 0.968. The van der Waals surface area contributed by atoms with Gasteiger partial charge in [0.05, 0.1) is 5.02 Å². The molecule has 0 aliphatic carbocycles. The molecule has 0 atom stereocenters. The maximum atomic E-state index is 10.8. The highest BCUT2D eigenvalue weighted by molar-refractivity contribution is 7.87. The van der Waals surface area contributed by atoms with Gasteiger partial charge < -0.3 is 5.73 Å². The summed E-state index contributed by atoms with van der Waals surface area (Å²) in [6.45, 7) is 0. The molecule has 4 N–H and O–H groups in total. The minimum absolute atomic E-state index is 0.287. The van der Waals surface area contributed by atoms with E-state index in [9.17, 15) is 16.8 Å². The van der Waals surface area contributed by atoms with E-state index in [1.54, 1.807) is 0 Å². The Morgan fingerprint density at radius 3 is 1.56 bits per heavy atom. The minimum Gasteiger partial charge on any atom is -0.399 e. The van der Waals surface area contributed by atoms with Crippen molar-refractivity contribution in [1.29, 1.82) is 0 Å². The second-order valence-electron chi connectivity index (χ2n) is 2.78. The predicted octanol–water partition coefficient (Wildman–Crippen LogP) is 0.416. The van der Waals surface area contributed by atoms with Crippen LogP contribution in [0.4, 0.5) is 5.69 Å². The first-order valence-corrected chi connectivity index (χ1v) is 6.83. The number of rotatable bonds is 2. The third kappa shape index (κ3) is 2.62. The second-order valence-corrected chi connectivity index (χ2v) is 5.94. The molecule has 0 fully saturated rings. The highest BCUT2D eigenvalue weighted by Gasteiger charge is 2.24. The summed E-state index contributed by atoms with van der Waals surface area (Å²) in [6.07, 6.45) is 0. The molecular formula is C6H6ClNO6S2. The Hall–Kier alpha value is -0.870. The van der Waals surface area contributed by atoms with Crippen LogP contribution in [0.2, 0.25) is 5.02 Å². The molecule has 10 heteroatoms. The first-order valence-electron chi connectivity index (χ1n) is 3.57. The van der Waals surface area contributed by atoms with Gasteiger partial charge in [0.2, 0.25) is 0 Å². The lowest BCUT2D eigenvalue weighted by Gasteiger charge is -2.06. The topological polar surface area (TPSA) is 135 Å². The molecule has 0 spiro atoms. The van der Waals surface area contributed by atoms with Gasteiger partial charge in [-0.2, -0.15) is 16.8 Å². The van der Waals surface area contributed by atoms with E-state index in [0.717, 1.165) is 12.1 Å². The van der Waals surface area contributed by atoms with Crippen LogP contribution in [-0.2, 0) is 20.2 Å². The predicted molar refractivity (Wildman–Crippen MR) is 55.5 cm³/mol. The van der Waals surface area contributed by atoms with Gasteiger partial charge in [-0.1, -0.05) is 11.6 Å². The molecule has 1 aromatic rings. The van der Waals surface area contributed by atoms with Crippen LogP contribution in [-0.4, -0.2) is 25.9 Å². The first kappa shape index (κ1) is 13.2. The van der Waals surface area contributed by atoms with Crippen molar-refractivity contribution in [3.63, 3.8) is 0 Å². The zero-order valence-corrected chi connectivity index (χ0v) is 9.84. The summed E-state index contributed by atoms with van der Waals surface area (Å²) in [6, 6.07) is 1.54. The maximum absolute atomic E-state index is 10.8. The zero-order valence-electron chi connectivity index (χ0n) is 7.45. The zero-order chi connectivity index (χ0) is 12.7. The van der Waals surface area contributed by atoms with Gasteiger partial charge in [-0.15, -0.1) is 0 Å². The van der Waals surface area contributed by atoms with Crippen molar-refractivity contribution in [3.05, 3.63) is 17.2 Å². The minimum atomic E-state index is -4.73. The Kier molecular flexibility index (Phi) is 3.18. The van der Waals surface area contributed by atoms with Crippen LogP contribution in [0, 0.1) is 0 Å². The number of anilines is 1. The molecule has 7 nitrogen and oxygen atoms in total. The average Bonchev–Trinajstić information content (AvgIpc) is 2.04. The van der Waals surface area contributed by atoms with Gasteiger partial charge in [0.1, 0.15) is 9.79 Å². The monoisotopic (exact) mass is 287 g/mol. The number of hydrogen-bond donors (Lipinski definition) is 3. The molecule has 16 heavy (non-hydrogen) atoms. The Morgan fingerprint density at radius 1 is 1.00 bits per heavy atom. The fraction of sp³-hybridized carbons (Fsp3) is 0. The molecule has 0 aromatic heterocycles. The smallest absolute Gasteiger partial charge is 0.296 e. The molecule has 0 aliphatic rings. The standard InChI is InChI=1S/C6H6ClNO6S2/c7-6-4(15(9,10)11)1-3(8)2-5(6)16(12,13)14/h1-2H,8H2,(H,9,10,11)(H,12,13,14). The molecule has 90 valence electrons. The van der Waals surface area contributed by atoms with Crippen LogP contribution in [0.15, 0.2) is 21.9 Å². The van der Waals surface area contributed by atoms with E-state index in [4.69, 9.17) is 26.4 Å². The van der Waals surface area contributed by atoms with E-state index < -0.39 is 35.0 Å². The second kappa shape index (κ2) is 3.86. The molecule has 0 heterocycles. The third-order valence-electron chi connectivity index (χ3n) is 1.58.